The Bertz CT molecular complexity index is 1200. The van der Waals surface area contributed by atoms with Crippen LogP contribution in [0.2, 0.25) is 0 Å². The number of nitrogens with one attached hydrogen (secondary N) is 1. The number of amidine groups is 1. The molecule has 1 aromatic heterocycles. The Morgan fingerprint density at radius 1 is 1.17 bits per heavy atom. The molecule has 0 aliphatic carbocycles. The molecule has 5 rings (SSSR count). The summed E-state index contributed by atoms with van der Waals surface area (Å²) in [6, 6.07) is 20.6. The van der Waals surface area contributed by atoms with Gasteiger partial charge in [-0.1, -0.05) is 79.7 Å². The fourth-order valence-electron chi connectivity index (χ4n) is 4.99. The molecular weight excluding hydrogens is 454 g/mol. The SMILES string of the molecule is [B][B]c1cc(C(C(=O)N2C[C@H](O)C[C@H]2C2=NC(c3ccccc3)(c3ccccc3)ON2)C(C)C)on1. The van der Waals surface area contributed by atoms with E-state index in [-0.39, 0.29) is 18.4 Å². The molecule has 181 valence electrons. The van der Waals surface area contributed by atoms with Gasteiger partial charge in [0.2, 0.25) is 11.6 Å². The molecule has 0 saturated carbocycles. The molecule has 1 fully saturated rings. The third-order valence-electron chi connectivity index (χ3n) is 6.75. The molecule has 2 N–H and O–H groups in total. The zero-order chi connectivity index (χ0) is 25.3. The molecule has 1 saturated heterocycles. The van der Waals surface area contributed by atoms with Crippen molar-refractivity contribution in [1.29, 1.82) is 0 Å². The average molecular weight is 481 g/mol. The van der Waals surface area contributed by atoms with Gasteiger partial charge in [-0.25, -0.2) is 15.3 Å². The molecule has 3 heterocycles. The maximum Gasteiger partial charge on any atom is 0.238 e. The number of rotatable bonds is 7. The van der Waals surface area contributed by atoms with Crippen molar-refractivity contribution >= 4 is 32.2 Å². The topological polar surface area (TPSA) is 100 Å². The van der Waals surface area contributed by atoms with E-state index in [0.717, 1.165) is 11.1 Å². The number of aliphatic hydroxyl groups is 1. The van der Waals surface area contributed by atoms with Gasteiger partial charge in [0.05, 0.1) is 12.1 Å². The van der Waals surface area contributed by atoms with E-state index in [1.165, 1.54) is 7.17 Å². The molecule has 3 radical (unpaired) electrons. The van der Waals surface area contributed by atoms with Gasteiger partial charge in [-0.2, -0.15) is 0 Å². The van der Waals surface area contributed by atoms with Crippen LogP contribution in [0.1, 0.15) is 43.1 Å². The van der Waals surface area contributed by atoms with E-state index in [0.29, 0.717) is 23.6 Å². The first-order chi connectivity index (χ1) is 17.4. The van der Waals surface area contributed by atoms with Gasteiger partial charge in [-0.3, -0.25) is 4.79 Å². The fraction of sp³-hybridized carbons (Fsp3) is 0.346. The fourth-order valence-corrected chi connectivity index (χ4v) is 4.99. The number of β-amino-alcohol motifs (C(OH)–C–C–N with tert-alkyl or cyclic N) is 1. The lowest BCUT2D eigenvalue weighted by atomic mass is 9.53. The lowest BCUT2D eigenvalue weighted by Gasteiger charge is -2.29. The zero-order valence-electron chi connectivity index (χ0n) is 20.2. The van der Waals surface area contributed by atoms with Crippen LogP contribution in [0, 0.1) is 5.92 Å². The third-order valence-corrected chi connectivity index (χ3v) is 6.75. The van der Waals surface area contributed by atoms with Crippen LogP contribution < -0.4 is 11.1 Å². The Morgan fingerprint density at radius 3 is 2.36 bits per heavy atom. The number of hydroxylamine groups is 1. The Kier molecular flexibility index (Phi) is 6.73. The van der Waals surface area contributed by atoms with E-state index in [1.54, 1.807) is 11.0 Å². The van der Waals surface area contributed by atoms with Gasteiger partial charge in [0.25, 0.3) is 0 Å². The van der Waals surface area contributed by atoms with Crippen molar-refractivity contribution in [1.82, 2.24) is 15.5 Å². The minimum Gasteiger partial charge on any atom is -0.391 e. The van der Waals surface area contributed by atoms with E-state index in [9.17, 15) is 9.90 Å². The largest absolute Gasteiger partial charge is 0.391 e. The normalized spacial score (nSPS) is 21.8. The van der Waals surface area contributed by atoms with Crippen molar-refractivity contribution in [2.45, 2.75) is 44.1 Å². The maximum atomic E-state index is 13.9. The van der Waals surface area contributed by atoms with Crippen molar-refractivity contribution in [2.24, 2.45) is 10.9 Å². The minimum atomic E-state index is -1.12. The second-order valence-electron chi connectivity index (χ2n) is 9.52. The summed E-state index contributed by atoms with van der Waals surface area (Å²) in [5.41, 5.74) is 4.05. The summed E-state index contributed by atoms with van der Waals surface area (Å²) in [5, 5.41) is 14.5. The number of nitrogens with zero attached hydrogens (tertiary/aromatic N) is 3. The van der Waals surface area contributed by atoms with Crippen molar-refractivity contribution in [2.75, 3.05) is 6.54 Å². The molecule has 1 unspecified atom stereocenters. The molecule has 3 aromatic rings. The molecule has 2 aliphatic heterocycles. The van der Waals surface area contributed by atoms with Gasteiger partial charge < -0.3 is 14.5 Å². The predicted molar refractivity (Wildman–Crippen MR) is 137 cm³/mol. The number of benzene rings is 2. The molecule has 2 aliphatic rings. The van der Waals surface area contributed by atoms with E-state index in [1.807, 2.05) is 74.5 Å². The molecule has 10 heteroatoms. The highest BCUT2D eigenvalue weighted by atomic mass is 16.7. The van der Waals surface area contributed by atoms with E-state index >= 15 is 0 Å². The summed E-state index contributed by atoms with van der Waals surface area (Å²) >= 11 is 0. The van der Waals surface area contributed by atoms with Gasteiger partial charge in [-0.05, 0) is 12.0 Å². The molecular formula is C26H27B2N4O4. The molecule has 3 atom stereocenters. The first-order valence-corrected chi connectivity index (χ1v) is 12.1. The predicted octanol–water partition coefficient (Wildman–Crippen LogP) is 1.62. The number of amides is 1. The number of aliphatic hydroxyl groups excluding tert-OH is 1. The second-order valence-corrected chi connectivity index (χ2v) is 9.52. The molecule has 2 aromatic carbocycles. The van der Waals surface area contributed by atoms with Crippen molar-refractivity contribution in [3.8, 4) is 0 Å². The number of aliphatic imine (C=N–C) groups is 1. The number of carbonyl (C=O) groups is 1. The summed E-state index contributed by atoms with van der Waals surface area (Å²) in [6.45, 7) is 4.08. The molecule has 8 nitrogen and oxygen atoms in total. The highest BCUT2D eigenvalue weighted by Gasteiger charge is 2.48. The Morgan fingerprint density at radius 2 is 1.81 bits per heavy atom. The quantitative estimate of drug-likeness (QED) is 0.498. The number of hydrogen-bond acceptors (Lipinski definition) is 7. The molecule has 0 spiro atoms. The van der Waals surface area contributed by atoms with Crippen LogP contribution in [-0.4, -0.2) is 60.5 Å². The van der Waals surface area contributed by atoms with Crippen molar-refractivity contribution < 1.29 is 19.3 Å². The van der Waals surface area contributed by atoms with Gasteiger partial charge in [0, 0.05) is 37.4 Å². The van der Waals surface area contributed by atoms with Crippen LogP contribution in [0.3, 0.4) is 0 Å². The standard InChI is InChI=1S/C26H27B2N4O4/c1-16(2)23(21-14-22(28-27)30-35-21)25(34)32-15-19(33)13-20(32)24-29-26(36-31-24,17-9-5-3-6-10-17)18-11-7-4-8-12-18/h3-12,14,16,19-20,23,33H,13,15H2,1-2H3,(H,29,31)/t19-,20+,23?/m1/s1. The molecule has 36 heavy (non-hydrogen) atoms. The number of likely N-dealkylation sites (tertiary alicyclic amines) is 1. The first-order valence-electron chi connectivity index (χ1n) is 12.1. The van der Waals surface area contributed by atoms with E-state index in [4.69, 9.17) is 22.1 Å². The zero-order valence-corrected chi connectivity index (χ0v) is 20.2. The minimum absolute atomic E-state index is 0.0723. The van der Waals surface area contributed by atoms with Gasteiger partial charge in [0.15, 0.2) is 0 Å². The summed E-state index contributed by atoms with van der Waals surface area (Å²) in [6.07, 6.45) is -0.355. The monoisotopic (exact) mass is 481 g/mol. The highest BCUT2D eigenvalue weighted by Crippen LogP contribution is 2.39. The molecule has 0 bridgehead atoms. The number of carbonyl (C=O) groups excluding carboxylic acids is 1. The van der Waals surface area contributed by atoms with Crippen LogP contribution in [0.25, 0.3) is 0 Å². The van der Waals surface area contributed by atoms with Crippen LogP contribution in [0.4, 0.5) is 0 Å². The number of hydrogen-bond donors (Lipinski definition) is 2. The number of aromatic nitrogens is 1. The van der Waals surface area contributed by atoms with Crippen LogP contribution in [-0.2, 0) is 15.4 Å². The van der Waals surface area contributed by atoms with E-state index in [2.05, 4.69) is 10.6 Å². The lowest BCUT2D eigenvalue weighted by molar-refractivity contribution is -0.134. The van der Waals surface area contributed by atoms with Crippen LogP contribution >= 0.6 is 0 Å². The van der Waals surface area contributed by atoms with E-state index < -0.39 is 23.8 Å². The summed E-state index contributed by atoms with van der Waals surface area (Å²) in [5.74, 6) is 0.0931. The Hall–Kier alpha value is -3.36. The Labute approximate surface area is 212 Å². The van der Waals surface area contributed by atoms with Gasteiger partial charge in [0.1, 0.15) is 24.7 Å². The maximum absolute atomic E-state index is 13.9. The second kappa shape index (κ2) is 9.95. The first kappa shape index (κ1) is 24.3. The lowest BCUT2D eigenvalue weighted by Crippen LogP contribution is -2.46. The van der Waals surface area contributed by atoms with Crippen molar-refractivity contribution in [3.05, 3.63) is 83.6 Å². The van der Waals surface area contributed by atoms with Gasteiger partial charge in [-0.15, -0.1) is 0 Å². The van der Waals surface area contributed by atoms with Crippen LogP contribution in [0.15, 0.2) is 76.2 Å². The third kappa shape index (κ3) is 4.35. The van der Waals surface area contributed by atoms with Gasteiger partial charge >= 0.3 is 0 Å². The van der Waals surface area contributed by atoms with Crippen molar-refractivity contribution in [3.63, 3.8) is 0 Å². The Balaban J connectivity index is 1.51. The summed E-state index contributed by atoms with van der Waals surface area (Å²) in [4.78, 5) is 26.7. The summed E-state index contributed by atoms with van der Waals surface area (Å²) < 4.78 is 5.45. The average Bonchev–Trinajstić information content (AvgIpc) is 3.64. The molecule has 1 amide bonds. The summed E-state index contributed by atoms with van der Waals surface area (Å²) in [7, 11) is 6.90. The van der Waals surface area contributed by atoms with Crippen LogP contribution in [0.5, 0.6) is 0 Å². The highest BCUT2D eigenvalue weighted by molar-refractivity contribution is 6.97. The smallest absolute Gasteiger partial charge is 0.238 e.